The van der Waals surface area contributed by atoms with Crippen LogP contribution in [0.4, 0.5) is 10.1 Å². The SMILES string of the molecule is COc1cc(NC(=O)CSc2nnc(COc3ccc(F)c(Cl)c3)n2C)c(OC)cc1Cl. The summed E-state index contributed by atoms with van der Waals surface area (Å²) in [5.74, 6) is 1.03. The minimum atomic E-state index is -0.524. The van der Waals surface area contributed by atoms with Gasteiger partial charge in [0.25, 0.3) is 0 Å². The van der Waals surface area contributed by atoms with Crippen LogP contribution in [0.3, 0.4) is 0 Å². The number of amides is 1. The van der Waals surface area contributed by atoms with Gasteiger partial charge in [-0.25, -0.2) is 4.39 Å². The van der Waals surface area contributed by atoms with Crippen molar-refractivity contribution in [3.63, 3.8) is 0 Å². The van der Waals surface area contributed by atoms with Gasteiger partial charge in [0.05, 0.1) is 35.7 Å². The highest BCUT2D eigenvalue weighted by molar-refractivity contribution is 7.99. The Balaban J connectivity index is 1.59. The zero-order valence-electron chi connectivity index (χ0n) is 17.3. The van der Waals surface area contributed by atoms with Crippen LogP contribution in [0.25, 0.3) is 0 Å². The standard InChI is InChI=1S/C20H19Cl2FN4O4S/c1-27-18(9-31-11-4-5-14(23)12(21)6-11)25-26-20(27)32-10-19(28)24-15-8-16(29-2)13(22)7-17(15)30-3/h4-8H,9-10H2,1-3H3,(H,24,28). The molecular formula is C20H19Cl2FN4O4S. The van der Waals surface area contributed by atoms with Crippen molar-refractivity contribution < 1.29 is 23.4 Å². The van der Waals surface area contributed by atoms with Crippen LogP contribution in [0, 0.1) is 5.82 Å². The number of halogens is 3. The lowest BCUT2D eigenvalue weighted by Crippen LogP contribution is -2.15. The van der Waals surface area contributed by atoms with Gasteiger partial charge in [0.2, 0.25) is 5.91 Å². The number of carbonyl (C=O) groups is 1. The first-order valence-corrected chi connectivity index (χ1v) is 10.9. The van der Waals surface area contributed by atoms with Crippen molar-refractivity contribution >= 4 is 46.6 Å². The van der Waals surface area contributed by atoms with Gasteiger partial charge in [-0.2, -0.15) is 0 Å². The summed E-state index contributed by atoms with van der Waals surface area (Å²) in [5.41, 5.74) is 0.435. The number of hydrogen-bond donors (Lipinski definition) is 1. The maximum Gasteiger partial charge on any atom is 0.234 e. The molecular weight excluding hydrogens is 482 g/mol. The molecule has 1 amide bonds. The van der Waals surface area contributed by atoms with Gasteiger partial charge in [-0.15, -0.1) is 10.2 Å². The predicted molar refractivity (Wildman–Crippen MR) is 121 cm³/mol. The number of rotatable bonds is 9. The Hall–Kier alpha value is -2.69. The fraction of sp³-hybridized carbons (Fsp3) is 0.250. The molecule has 12 heteroatoms. The largest absolute Gasteiger partial charge is 0.495 e. The highest BCUT2D eigenvalue weighted by Gasteiger charge is 2.15. The minimum Gasteiger partial charge on any atom is -0.495 e. The quantitative estimate of drug-likeness (QED) is 0.430. The van der Waals surface area contributed by atoms with Gasteiger partial charge in [0, 0.05) is 25.2 Å². The van der Waals surface area contributed by atoms with Crippen molar-refractivity contribution in [1.29, 1.82) is 0 Å². The third-order valence-corrected chi connectivity index (χ3v) is 5.87. The van der Waals surface area contributed by atoms with Gasteiger partial charge in [0.1, 0.15) is 29.7 Å². The number of nitrogens with zero attached hydrogens (tertiary/aromatic N) is 3. The Morgan fingerprint density at radius 1 is 1.12 bits per heavy atom. The first-order chi connectivity index (χ1) is 15.3. The van der Waals surface area contributed by atoms with Gasteiger partial charge in [-0.3, -0.25) is 4.79 Å². The van der Waals surface area contributed by atoms with Crippen molar-refractivity contribution in [2.24, 2.45) is 7.05 Å². The van der Waals surface area contributed by atoms with Crippen molar-refractivity contribution in [2.75, 3.05) is 25.3 Å². The number of thioether (sulfide) groups is 1. The summed E-state index contributed by atoms with van der Waals surface area (Å²) >= 11 is 13.0. The molecule has 0 fully saturated rings. The molecule has 3 aromatic rings. The normalized spacial score (nSPS) is 10.7. The predicted octanol–water partition coefficient (Wildman–Crippen LogP) is 4.59. The average molecular weight is 501 g/mol. The molecule has 1 heterocycles. The lowest BCUT2D eigenvalue weighted by molar-refractivity contribution is -0.113. The van der Waals surface area contributed by atoms with Crippen LogP contribution in [-0.2, 0) is 18.4 Å². The highest BCUT2D eigenvalue weighted by Crippen LogP contribution is 2.36. The Kier molecular flexibility index (Phi) is 8.05. The number of nitrogens with one attached hydrogen (secondary N) is 1. The van der Waals surface area contributed by atoms with Gasteiger partial charge < -0.3 is 24.1 Å². The second kappa shape index (κ2) is 10.8. The monoisotopic (exact) mass is 500 g/mol. The summed E-state index contributed by atoms with van der Waals surface area (Å²) in [6.07, 6.45) is 0. The van der Waals surface area contributed by atoms with Crippen LogP contribution in [0.5, 0.6) is 17.2 Å². The smallest absolute Gasteiger partial charge is 0.234 e. The number of methoxy groups -OCH3 is 2. The van der Waals surface area contributed by atoms with Crippen LogP contribution >= 0.6 is 35.0 Å². The summed E-state index contributed by atoms with van der Waals surface area (Å²) in [6.45, 7) is 0.0972. The van der Waals surface area contributed by atoms with E-state index >= 15 is 0 Å². The number of aromatic nitrogens is 3. The first-order valence-electron chi connectivity index (χ1n) is 9.12. The minimum absolute atomic E-state index is 0.0299. The molecule has 1 aromatic heterocycles. The fourth-order valence-corrected chi connectivity index (χ4v) is 3.72. The highest BCUT2D eigenvalue weighted by atomic mass is 35.5. The molecule has 170 valence electrons. The van der Waals surface area contributed by atoms with E-state index in [0.717, 1.165) is 0 Å². The molecule has 0 spiro atoms. The van der Waals surface area contributed by atoms with Crippen LogP contribution in [0.1, 0.15) is 5.82 Å². The Labute approximate surface area is 198 Å². The molecule has 0 saturated heterocycles. The Morgan fingerprint density at radius 3 is 2.56 bits per heavy atom. The third kappa shape index (κ3) is 5.76. The molecule has 32 heavy (non-hydrogen) atoms. The third-order valence-electron chi connectivity index (χ3n) is 4.26. The molecule has 2 aromatic carbocycles. The number of benzene rings is 2. The van der Waals surface area contributed by atoms with E-state index in [2.05, 4.69) is 15.5 Å². The van der Waals surface area contributed by atoms with Crippen molar-refractivity contribution in [3.05, 3.63) is 52.0 Å². The van der Waals surface area contributed by atoms with Gasteiger partial charge in [-0.05, 0) is 12.1 Å². The van der Waals surface area contributed by atoms with E-state index in [4.69, 9.17) is 37.4 Å². The summed E-state index contributed by atoms with van der Waals surface area (Å²) in [7, 11) is 4.71. The molecule has 0 aliphatic carbocycles. The maximum atomic E-state index is 13.2. The van der Waals surface area contributed by atoms with Crippen molar-refractivity contribution in [2.45, 2.75) is 11.8 Å². The van der Waals surface area contributed by atoms with Crippen molar-refractivity contribution in [1.82, 2.24) is 14.8 Å². The zero-order chi connectivity index (χ0) is 23.3. The van der Waals surface area contributed by atoms with Crippen LogP contribution in [-0.4, -0.2) is 40.6 Å². The summed E-state index contributed by atoms with van der Waals surface area (Å²) in [6, 6.07) is 7.22. The lowest BCUT2D eigenvalue weighted by atomic mass is 10.2. The molecule has 0 saturated carbocycles. The molecule has 0 bridgehead atoms. The van der Waals surface area contributed by atoms with Gasteiger partial charge in [0.15, 0.2) is 11.0 Å². The van der Waals surface area contributed by atoms with E-state index in [0.29, 0.717) is 38.9 Å². The lowest BCUT2D eigenvalue weighted by Gasteiger charge is -2.13. The van der Waals surface area contributed by atoms with E-state index in [1.807, 2.05) is 0 Å². The van der Waals surface area contributed by atoms with Crippen LogP contribution in [0.2, 0.25) is 10.0 Å². The summed E-state index contributed by atoms with van der Waals surface area (Å²) in [4.78, 5) is 12.4. The van der Waals surface area contributed by atoms with Crippen LogP contribution in [0.15, 0.2) is 35.5 Å². The number of carbonyl (C=O) groups excluding carboxylic acids is 1. The Bertz CT molecular complexity index is 1130. The Morgan fingerprint density at radius 2 is 1.88 bits per heavy atom. The van der Waals surface area contributed by atoms with E-state index in [1.165, 1.54) is 44.2 Å². The topological polar surface area (TPSA) is 87.5 Å². The number of hydrogen-bond acceptors (Lipinski definition) is 7. The molecule has 0 atom stereocenters. The van der Waals surface area contributed by atoms with Crippen molar-refractivity contribution in [3.8, 4) is 17.2 Å². The molecule has 0 unspecified atom stereocenters. The zero-order valence-corrected chi connectivity index (χ0v) is 19.6. The molecule has 8 nitrogen and oxygen atoms in total. The van der Waals surface area contributed by atoms with Gasteiger partial charge in [-0.1, -0.05) is 35.0 Å². The molecule has 0 aliphatic rings. The maximum absolute atomic E-state index is 13.2. The van der Waals surface area contributed by atoms with E-state index in [1.54, 1.807) is 23.7 Å². The second-order valence-electron chi connectivity index (χ2n) is 6.35. The fourth-order valence-electron chi connectivity index (χ4n) is 2.59. The van der Waals surface area contributed by atoms with E-state index < -0.39 is 5.82 Å². The summed E-state index contributed by atoms with van der Waals surface area (Å²) < 4.78 is 31.0. The van der Waals surface area contributed by atoms with E-state index in [-0.39, 0.29) is 23.3 Å². The summed E-state index contributed by atoms with van der Waals surface area (Å²) in [5, 5.41) is 11.8. The van der Waals surface area contributed by atoms with E-state index in [9.17, 15) is 9.18 Å². The average Bonchev–Trinajstić information content (AvgIpc) is 3.13. The molecule has 0 radical (unpaired) electrons. The van der Waals surface area contributed by atoms with Crippen LogP contribution < -0.4 is 19.5 Å². The first kappa shape index (κ1) is 24.0. The molecule has 3 rings (SSSR count). The number of anilines is 1. The van der Waals surface area contributed by atoms with Gasteiger partial charge >= 0.3 is 0 Å². The second-order valence-corrected chi connectivity index (χ2v) is 8.10. The number of ether oxygens (including phenoxy) is 3. The molecule has 0 aliphatic heterocycles. The molecule has 1 N–H and O–H groups in total.